The molecule has 0 aromatic heterocycles. The van der Waals surface area contributed by atoms with Crippen LogP contribution in [0.3, 0.4) is 0 Å². The molecular weight excluding hydrogens is 336 g/mol. The molecule has 1 unspecified atom stereocenters. The summed E-state index contributed by atoms with van der Waals surface area (Å²) in [6.45, 7) is 0.135. The van der Waals surface area contributed by atoms with Crippen molar-refractivity contribution in [3.8, 4) is 0 Å². The van der Waals surface area contributed by atoms with E-state index in [9.17, 15) is 22.8 Å². The maximum atomic E-state index is 12.6. The van der Waals surface area contributed by atoms with E-state index in [1.165, 1.54) is 4.90 Å². The van der Waals surface area contributed by atoms with Crippen LogP contribution in [0.1, 0.15) is 34.3 Å². The fourth-order valence-electron chi connectivity index (χ4n) is 3.03. The second kappa shape index (κ2) is 5.99. The van der Waals surface area contributed by atoms with Gasteiger partial charge in [-0.25, -0.2) is 0 Å². The summed E-state index contributed by atoms with van der Waals surface area (Å²) < 4.78 is 27.9. The molecule has 2 aliphatic heterocycles. The molecular formula is C15H16N2O6S. The molecule has 1 fully saturated rings. The number of piperidine rings is 1. The van der Waals surface area contributed by atoms with Gasteiger partial charge >= 0.3 is 0 Å². The Morgan fingerprint density at radius 3 is 2.71 bits per heavy atom. The number of imide groups is 1. The van der Waals surface area contributed by atoms with Crippen LogP contribution in [0.15, 0.2) is 18.2 Å². The van der Waals surface area contributed by atoms with Gasteiger partial charge in [0.1, 0.15) is 11.8 Å². The molecule has 1 N–H and O–H groups in total. The zero-order chi connectivity index (χ0) is 17.5. The van der Waals surface area contributed by atoms with Gasteiger partial charge in [0.25, 0.3) is 16.0 Å². The molecule has 0 saturated carbocycles. The van der Waals surface area contributed by atoms with Gasteiger partial charge in [0.15, 0.2) is 0 Å². The molecule has 3 rings (SSSR count). The van der Waals surface area contributed by atoms with Crippen LogP contribution in [0.2, 0.25) is 0 Å². The average molecular weight is 352 g/mol. The van der Waals surface area contributed by atoms with Crippen LogP contribution in [-0.2, 0) is 36.2 Å². The van der Waals surface area contributed by atoms with Crippen molar-refractivity contribution < 1.29 is 27.0 Å². The Labute approximate surface area is 138 Å². The number of amides is 3. The van der Waals surface area contributed by atoms with Crippen LogP contribution >= 0.6 is 0 Å². The van der Waals surface area contributed by atoms with Gasteiger partial charge < -0.3 is 4.90 Å². The van der Waals surface area contributed by atoms with Gasteiger partial charge in [0, 0.05) is 18.5 Å². The Morgan fingerprint density at radius 1 is 1.29 bits per heavy atom. The quantitative estimate of drug-likeness (QED) is 0.600. The van der Waals surface area contributed by atoms with E-state index in [0.717, 1.165) is 7.11 Å². The highest BCUT2D eigenvalue weighted by atomic mass is 32.2. The summed E-state index contributed by atoms with van der Waals surface area (Å²) in [7, 11) is -2.64. The maximum absolute atomic E-state index is 12.6. The summed E-state index contributed by atoms with van der Waals surface area (Å²) in [6, 6.07) is 4.10. The molecule has 1 aromatic carbocycles. The molecule has 3 amide bonds. The lowest BCUT2D eigenvalue weighted by atomic mass is 10.0. The summed E-state index contributed by atoms with van der Waals surface area (Å²) in [5, 5.41) is 2.23. The van der Waals surface area contributed by atoms with Crippen LogP contribution < -0.4 is 5.32 Å². The van der Waals surface area contributed by atoms with Gasteiger partial charge in [-0.2, -0.15) is 8.42 Å². The predicted octanol–water partition coefficient (Wildman–Crippen LogP) is -0.0762. The van der Waals surface area contributed by atoms with E-state index in [4.69, 9.17) is 0 Å². The molecule has 0 bridgehead atoms. The second-order valence-corrected chi connectivity index (χ2v) is 7.45. The molecule has 24 heavy (non-hydrogen) atoms. The van der Waals surface area contributed by atoms with Crippen molar-refractivity contribution in [2.24, 2.45) is 0 Å². The van der Waals surface area contributed by atoms with E-state index in [2.05, 4.69) is 9.50 Å². The first-order valence-electron chi connectivity index (χ1n) is 7.36. The number of rotatable bonds is 4. The van der Waals surface area contributed by atoms with Crippen LogP contribution in [0.4, 0.5) is 0 Å². The van der Waals surface area contributed by atoms with Crippen molar-refractivity contribution in [3.05, 3.63) is 34.9 Å². The fraction of sp³-hybridized carbons (Fsp3) is 0.400. The number of hydrogen-bond donors (Lipinski definition) is 1. The molecule has 1 aromatic rings. The summed E-state index contributed by atoms with van der Waals surface area (Å²) in [6.07, 6.45) is 0.428. The molecule has 0 spiro atoms. The largest absolute Gasteiger partial charge is 0.322 e. The third-order valence-corrected chi connectivity index (χ3v) is 5.44. The third-order valence-electron chi connectivity index (χ3n) is 4.27. The van der Waals surface area contributed by atoms with Crippen molar-refractivity contribution in [1.82, 2.24) is 10.2 Å². The topological polar surface area (TPSA) is 110 Å². The van der Waals surface area contributed by atoms with E-state index in [0.29, 0.717) is 16.7 Å². The Balaban J connectivity index is 1.90. The van der Waals surface area contributed by atoms with Crippen LogP contribution in [-0.4, -0.2) is 44.2 Å². The molecule has 2 aliphatic rings. The first kappa shape index (κ1) is 16.6. The van der Waals surface area contributed by atoms with Crippen molar-refractivity contribution in [3.63, 3.8) is 0 Å². The normalized spacial score (nSPS) is 21.0. The van der Waals surface area contributed by atoms with Crippen molar-refractivity contribution in [2.45, 2.75) is 31.2 Å². The van der Waals surface area contributed by atoms with Gasteiger partial charge in [0.05, 0.1) is 7.11 Å². The minimum Gasteiger partial charge on any atom is -0.322 e. The molecule has 1 atom stereocenters. The number of benzene rings is 1. The monoisotopic (exact) mass is 352 g/mol. The summed E-state index contributed by atoms with van der Waals surface area (Å²) >= 11 is 0. The lowest BCUT2D eigenvalue weighted by Crippen LogP contribution is -2.52. The molecule has 0 radical (unpaired) electrons. The molecule has 1 saturated heterocycles. The Hall–Kier alpha value is -2.26. The van der Waals surface area contributed by atoms with Crippen LogP contribution in [0.25, 0.3) is 0 Å². The average Bonchev–Trinajstić information content (AvgIpc) is 2.86. The summed E-state index contributed by atoms with van der Waals surface area (Å²) in [4.78, 5) is 37.2. The van der Waals surface area contributed by atoms with Crippen molar-refractivity contribution >= 4 is 27.8 Å². The first-order chi connectivity index (χ1) is 11.3. The van der Waals surface area contributed by atoms with E-state index >= 15 is 0 Å². The van der Waals surface area contributed by atoms with E-state index in [-0.39, 0.29) is 37.0 Å². The lowest BCUT2D eigenvalue weighted by molar-refractivity contribution is -0.136. The number of hydrogen-bond acceptors (Lipinski definition) is 6. The second-order valence-electron chi connectivity index (χ2n) is 5.71. The minimum atomic E-state index is -3.73. The molecule has 128 valence electrons. The first-order valence-corrected chi connectivity index (χ1v) is 8.94. The molecule has 0 aliphatic carbocycles. The highest BCUT2D eigenvalue weighted by Crippen LogP contribution is 2.30. The number of fused-ring (bicyclic) bond motifs is 1. The molecule has 9 heteroatoms. The zero-order valence-electron chi connectivity index (χ0n) is 12.9. The smallest absolute Gasteiger partial charge is 0.271 e. The number of nitrogens with one attached hydrogen (secondary N) is 1. The summed E-state index contributed by atoms with van der Waals surface area (Å²) in [5.74, 6) is -1.54. The number of nitrogens with zero attached hydrogens (tertiary/aromatic N) is 1. The fourth-order valence-corrected chi connectivity index (χ4v) is 3.80. The number of carbonyl (C=O) groups excluding carboxylic acids is 3. The zero-order valence-corrected chi connectivity index (χ0v) is 13.8. The Bertz CT molecular complexity index is 832. The van der Waals surface area contributed by atoms with Crippen LogP contribution in [0, 0.1) is 0 Å². The SMILES string of the molecule is COS(=O)(=O)Cc1cccc2c1CN(C1CCC(=O)NC1=O)C2=O. The van der Waals surface area contributed by atoms with E-state index in [1.54, 1.807) is 18.2 Å². The minimum absolute atomic E-state index is 0.135. The Morgan fingerprint density at radius 2 is 2.04 bits per heavy atom. The number of carbonyl (C=O) groups is 3. The highest BCUT2D eigenvalue weighted by Gasteiger charge is 2.40. The van der Waals surface area contributed by atoms with Crippen LogP contribution in [0.5, 0.6) is 0 Å². The lowest BCUT2D eigenvalue weighted by Gasteiger charge is -2.29. The Kier molecular flexibility index (Phi) is 4.14. The third kappa shape index (κ3) is 2.92. The standard InChI is InChI=1S/C15H16N2O6S/c1-23-24(21,22)8-9-3-2-4-10-11(9)7-17(15(10)20)12-5-6-13(18)16-14(12)19/h2-4,12H,5-8H2,1H3,(H,16,18,19). The molecule has 8 nitrogen and oxygen atoms in total. The van der Waals surface area contributed by atoms with Gasteiger partial charge in [0.2, 0.25) is 11.8 Å². The summed E-state index contributed by atoms with van der Waals surface area (Å²) in [5.41, 5.74) is 1.42. The van der Waals surface area contributed by atoms with E-state index in [1.807, 2.05) is 0 Å². The van der Waals surface area contributed by atoms with Gasteiger partial charge in [-0.15, -0.1) is 0 Å². The van der Waals surface area contributed by atoms with Crippen molar-refractivity contribution in [2.75, 3.05) is 7.11 Å². The maximum Gasteiger partial charge on any atom is 0.271 e. The van der Waals surface area contributed by atoms with Crippen molar-refractivity contribution in [1.29, 1.82) is 0 Å². The van der Waals surface area contributed by atoms with Gasteiger partial charge in [-0.05, 0) is 23.6 Å². The van der Waals surface area contributed by atoms with Gasteiger partial charge in [-0.1, -0.05) is 12.1 Å². The predicted molar refractivity (Wildman–Crippen MR) is 82.1 cm³/mol. The van der Waals surface area contributed by atoms with E-state index < -0.39 is 22.1 Å². The highest BCUT2D eigenvalue weighted by molar-refractivity contribution is 7.85. The van der Waals surface area contributed by atoms with Gasteiger partial charge in [-0.3, -0.25) is 23.9 Å². The molecule has 2 heterocycles.